The highest BCUT2D eigenvalue weighted by Gasteiger charge is 2.20. The van der Waals surface area contributed by atoms with Gasteiger partial charge in [0, 0.05) is 25.3 Å². The first kappa shape index (κ1) is 11.4. The Kier molecular flexibility index (Phi) is 3.11. The lowest BCUT2D eigenvalue weighted by atomic mass is 10.2. The predicted molar refractivity (Wildman–Crippen MR) is 67.6 cm³/mol. The lowest BCUT2D eigenvalue weighted by Gasteiger charge is -2.02. The van der Waals surface area contributed by atoms with Crippen molar-refractivity contribution in [2.75, 3.05) is 0 Å². The Morgan fingerprint density at radius 3 is 3.06 bits per heavy atom. The van der Waals surface area contributed by atoms with Crippen molar-refractivity contribution in [3.63, 3.8) is 0 Å². The van der Waals surface area contributed by atoms with Crippen LogP contribution in [0.25, 0.3) is 0 Å². The van der Waals surface area contributed by atoms with Crippen LogP contribution in [0, 0.1) is 5.82 Å². The van der Waals surface area contributed by atoms with Crippen molar-refractivity contribution in [2.24, 2.45) is 0 Å². The molecule has 0 bridgehead atoms. The fourth-order valence-corrected chi connectivity index (χ4v) is 1.97. The zero-order valence-corrected chi connectivity index (χ0v) is 10.1. The summed E-state index contributed by atoms with van der Waals surface area (Å²) in [5.74, 6) is -0.191. The van der Waals surface area contributed by atoms with Crippen LogP contribution in [0.3, 0.4) is 0 Å². The van der Waals surface area contributed by atoms with Gasteiger partial charge in [0.2, 0.25) is 0 Å². The lowest BCUT2D eigenvalue weighted by molar-refractivity contribution is 0.623. The molecular formula is C14H16FN3. The smallest absolute Gasteiger partial charge is 0.123 e. The molecule has 0 saturated heterocycles. The van der Waals surface area contributed by atoms with Crippen molar-refractivity contribution < 1.29 is 4.39 Å². The van der Waals surface area contributed by atoms with Crippen LogP contribution in [-0.2, 0) is 13.1 Å². The number of nitrogens with one attached hydrogen (secondary N) is 1. The van der Waals surface area contributed by atoms with Crippen molar-refractivity contribution in [2.45, 2.75) is 32.0 Å². The second-order valence-corrected chi connectivity index (χ2v) is 4.82. The maximum Gasteiger partial charge on any atom is 0.123 e. The normalized spacial score (nSPS) is 14.9. The Hall–Kier alpha value is -1.68. The Bertz CT molecular complexity index is 531. The molecule has 0 amide bonds. The van der Waals surface area contributed by atoms with Crippen molar-refractivity contribution in [1.82, 2.24) is 14.9 Å². The summed E-state index contributed by atoms with van der Waals surface area (Å²) < 4.78 is 15.0. The fourth-order valence-electron chi connectivity index (χ4n) is 1.97. The third-order valence-corrected chi connectivity index (χ3v) is 3.09. The van der Waals surface area contributed by atoms with E-state index in [0.29, 0.717) is 12.6 Å². The first-order valence-corrected chi connectivity index (χ1v) is 6.28. The highest BCUT2D eigenvalue weighted by Crippen LogP contribution is 2.19. The first-order chi connectivity index (χ1) is 8.79. The van der Waals surface area contributed by atoms with Crippen LogP contribution in [0.4, 0.5) is 4.39 Å². The van der Waals surface area contributed by atoms with Crippen LogP contribution in [0.1, 0.15) is 24.1 Å². The number of hydrogen-bond donors (Lipinski definition) is 1. The second kappa shape index (κ2) is 4.90. The maximum atomic E-state index is 13.1. The zero-order valence-electron chi connectivity index (χ0n) is 10.1. The average Bonchev–Trinajstić information content (AvgIpc) is 3.08. The molecule has 3 rings (SSSR count). The molecule has 1 aromatic carbocycles. The molecule has 0 radical (unpaired) electrons. The van der Waals surface area contributed by atoms with Gasteiger partial charge in [-0.1, -0.05) is 12.1 Å². The van der Waals surface area contributed by atoms with Crippen LogP contribution in [-0.4, -0.2) is 15.6 Å². The van der Waals surface area contributed by atoms with E-state index in [1.165, 1.54) is 18.9 Å². The minimum absolute atomic E-state index is 0.191. The molecule has 4 heteroatoms. The van der Waals surface area contributed by atoms with Gasteiger partial charge in [-0.25, -0.2) is 9.37 Å². The average molecular weight is 245 g/mol. The van der Waals surface area contributed by atoms with Gasteiger partial charge in [0.05, 0.1) is 12.0 Å². The maximum absolute atomic E-state index is 13.1. The molecule has 94 valence electrons. The Morgan fingerprint density at radius 2 is 2.28 bits per heavy atom. The molecule has 1 N–H and O–H groups in total. The fraction of sp³-hybridized carbons (Fsp3) is 0.357. The van der Waals surface area contributed by atoms with E-state index in [4.69, 9.17) is 0 Å². The lowest BCUT2D eigenvalue weighted by Crippen LogP contribution is -2.15. The molecule has 3 nitrogen and oxygen atoms in total. The highest BCUT2D eigenvalue weighted by atomic mass is 19.1. The molecule has 18 heavy (non-hydrogen) atoms. The van der Waals surface area contributed by atoms with Gasteiger partial charge >= 0.3 is 0 Å². The number of halogens is 1. The van der Waals surface area contributed by atoms with Crippen LogP contribution in [0.5, 0.6) is 0 Å². The van der Waals surface area contributed by atoms with E-state index >= 15 is 0 Å². The molecule has 1 saturated carbocycles. The molecule has 0 atom stereocenters. The molecule has 1 heterocycles. The molecule has 1 aromatic heterocycles. The Morgan fingerprint density at radius 1 is 1.39 bits per heavy atom. The van der Waals surface area contributed by atoms with E-state index in [1.807, 2.05) is 16.8 Å². The molecular weight excluding hydrogens is 229 g/mol. The van der Waals surface area contributed by atoms with Crippen molar-refractivity contribution >= 4 is 0 Å². The van der Waals surface area contributed by atoms with Gasteiger partial charge in [-0.3, -0.25) is 0 Å². The molecule has 2 aromatic rings. The summed E-state index contributed by atoms with van der Waals surface area (Å²) >= 11 is 0. The van der Waals surface area contributed by atoms with Gasteiger partial charge in [0.25, 0.3) is 0 Å². The van der Waals surface area contributed by atoms with Crippen LogP contribution in [0.15, 0.2) is 36.8 Å². The van der Waals surface area contributed by atoms with E-state index in [0.717, 1.165) is 17.8 Å². The summed E-state index contributed by atoms with van der Waals surface area (Å²) in [5.41, 5.74) is 1.99. The SMILES string of the molecule is Fc1cccc(Cn2cnc(CNC3CC3)c2)c1. The van der Waals surface area contributed by atoms with Gasteiger partial charge in [0.1, 0.15) is 5.82 Å². The first-order valence-electron chi connectivity index (χ1n) is 6.28. The standard InChI is InChI=1S/C14H16FN3/c15-12-3-1-2-11(6-12)8-18-9-14(17-10-18)7-16-13-4-5-13/h1-3,6,9-10,13,16H,4-5,7-8H2. The third-order valence-electron chi connectivity index (χ3n) is 3.09. The largest absolute Gasteiger partial charge is 0.333 e. The minimum Gasteiger partial charge on any atom is -0.333 e. The van der Waals surface area contributed by atoms with Gasteiger partial charge in [-0.2, -0.15) is 0 Å². The van der Waals surface area contributed by atoms with E-state index < -0.39 is 0 Å². The number of rotatable bonds is 5. The number of hydrogen-bond acceptors (Lipinski definition) is 2. The van der Waals surface area contributed by atoms with Crippen molar-refractivity contribution in [3.8, 4) is 0 Å². The summed E-state index contributed by atoms with van der Waals surface area (Å²) in [4.78, 5) is 4.34. The molecule has 0 aliphatic heterocycles. The van der Waals surface area contributed by atoms with Crippen LogP contribution < -0.4 is 5.32 Å². The van der Waals surface area contributed by atoms with Gasteiger partial charge in [-0.15, -0.1) is 0 Å². The summed E-state index contributed by atoms with van der Waals surface area (Å²) in [6.07, 6.45) is 6.38. The molecule has 1 aliphatic carbocycles. The zero-order chi connectivity index (χ0) is 12.4. The van der Waals surface area contributed by atoms with Gasteiger partial charge in [-0.05, 0) is 30.5 Å². The molecule has 0 spiro atoms. The second-order valence-electron chi connectivity index (χ2n) is 4.82. The van der Waals surface area contributed by atoms with E-state index in [9.17, 15) is 4.39 Å². The highest BCUT2D eigenvalue weighted by molar-refractivity contribution is 5.17. The predicted octanol–water partition coefficient (Wildman–Crippen LogP) is 2.32. The van der Waals surface area contributed by atoms with E-state index in [1.54, 1.807) is 18.5 Å². The number of imidazole rings is 1. The van der Waals surface area contributed by atoms with Gasteiger partial charge < -0.3 is 9.88 Å². The number of nitrogens with zero attached hydrogens (tertiary/aromatic N) is 2. The minimum atomic E-state index is -0.191. The third kappa shape index (κ3) is 2.96. The van der Waals surface area contributed by atoms with Crippen LogP contribution >= 0.6 is 0 Å². The molecule has 1 aliphatic rings. The molecule has 1 fully saturated rings. The molecule has 0 unspecified atom stereocenters. The number of benzene rings is 1. The Labute approximate surface area is 106 Å². The number of aromatic nitrogens is 2. The monoisotopic (exact) mass is 245 g/mol. The van der Waals surface area contributed by atoms with E-state index in [-0.39, 0.29) is 5.82 Å². The summed E-state index contributed by atoms with van der Waals surface area (Å²) in [7, 11) is 0. The topological polar surface area (TPSA) is 29.9 Å². The summed E-state index contributed by atoms with van der Waals surface area (Å²) in [5, 5.41) is 3.42. The summed E-state index contributed by atoms with van der Waals surface area (Å²) in [6, 6.07) is 7.37. The van der Waals surface area contributed by atoms with Crippen LogP contribution in [0.2, 0.25) is 0 Å². The quantitative estimate of drug-likeness (QED) is 0.876. The van der Waals surface area contributed by atoms with Crippen molar-refractivity contribution in [3.05, 3.63) is 53.9 Å². The van der Waals surface area contributed by atoms with Gasteiger partial charge in [0.15, 0.2) is 0 Å². The summed E-state index contributed by atoms with van der Waals surface area (Å²) in [6.45, 7) is 1.48. The van der Waals surface area contributed by atoms with Crippen molar-refractivity contribution in [1.29, 1.82) is 0 Å². The Balaban J connectivity index is 1.61. The van der Waals surface area contributed by atoms with E-state index in [2.05, 4.69) is 10.3 Å².